The molecule has 4 aliphatic heterocycles. The van der Waals surface area contributed by atoms with Crippen LogP contribution in [0.3, 0.4) is 0 Å². The molecule has 6 aromatic rings. The van der Waals surface area contributed by atoms with E-state index in [1.165, 1.54) is 24.5 Å². The molecule has 11 rings (SSSR count). The minimum Gasteiger partial charge on any atom is -0.493 e. The van der Waals surface area contributed by atoms with Crippen LogP contribution in [0.5, 0.6) is 11.8 Å². The number of benzene rings is 3. The van der Waals surface area contributed by atoms with E-state index in [1.807, 2.05) is 6.07 Å². The summed E-state index contributed by atoms with van der Waals surface area (Å²) in [5, 5.41) is 9.43. The number of piperazine rings is 1. The van der Waals surface area contributed by atoms with Gasteiger partial charge in [-0.2, -0.15) is 18.4 Å². The number of aromatic nitrogens is 6. The summed E-state index contributed by atoms with van der Waals surface area (Å²) in [6.07, 6.45) is 15.5. The van der Waals surface area contributed by atoms with Crippen molar-refractivity contribution in [3.63, 3.8) is 0 Å². The smallest absolute Gasteiger partial charge is 0.319 e. The van der Waals surface area contributed by atoms with E-state index in [4.69, 9.17) is 25.9 Å². The third-order valence-electron chi connectivity index (χ3n) is 13.2. The summed E-state index contributed by atoms with van der Waals surface area (Å²) in [7, 11) is -3.86. The van der Waals surface area contributed by atoms with Gasteiger partial charge in [-0.1, -0.05) is 30.2 Å². The SMILES string of the molecule is C#Cc1c(F)ccc2cccc(-c3ncc4c(N5C[C@H]6CC[C@@H](C5)N6)nc(OCC56CCCN5CC(COc5ccc(S(=O)(=O)n7cnc(C8CC8)n7)cc5)C6)nc4c3F)c12. The van der Waals surface area contributed by atoms with Gasteiger partial charge in [-0.15, -0.1) is 15.6 Å². The monoisotopic (exact) mass is 843 g/mol. The van der Waals surface area contributed by atoms with Crippen LogP contribution in [0.15, 0.2) is 72.0 Å². The van der Waals surface area contributed by atoms with Crippen LogP contribution >= 0.6 is 0 Å². The molecule has 5 aliphatic rings. The molecule has 1 aliphatic carbocycles. The predicted octanol–water partition coefficient (Wildman–Crippen LogP) is 6.06. The Morgan fingerprint density at radius 3 is 2.56 bits per heavy atom. The first-order valence-corrected chi connectivity index (χ1v) is 22.4. The third kappa shape index (κ3) is 6.74. The van der Waals surface area contributed by atoms with E-state index in [-0.39, 0.29) is 45.1 Å². The van der Waals surface area contributed by atoms with Crippen LogP contribution in [0.4, 0.5) is 14.6 Å². The largest absolute Gasteiger partial charge is 0.493 e. The van der Waals surface area contributed by atoms with Crippen molar-refractivity contribution in [2.45, 2.75) is 73.4 Å². The normalized spacial score (nSPS) is 23.8. The molecule has 3 aromatic carbocycles. The molecule has 0 spiro atoms. The van der Waals surface area contributed by atoms with Gasteiger partial charge in [0.05, 0.1) is 28.0 Å². The van der Waals surface area contributed by atoms with Crippen LogP contribution in [0.2, 0.25) is 0 Å². The minimum absolute atomic E-state index is 0.0179. The summed E-state index contributed by atoms with van der Waals surface area (Å²) >= 11 is 0. The molecule has 4 saturated heterocycles. The Morgan fingerprint density at radius 2 is 1.77 bits per heavy atom. The average Bonchev–Trinajstić information content (AvgIpc) is 3.53. The van der Waals surface area contributed by atoms with Crippen molar-refractivity contribution in [1.29, 1.82) is 0 Å². The molecule has 4 atom stereocenters. The van der Waals surface area contributed by atoms with E-state index < -0.39 is 21.7 Å². The molecule has 13 nitrogen and oxygen atoms in total. The Balaban J connectivity index is 0.848. The van der Waals surface area contributed by atoms with Crippen LogP contribution in [0.1, 0.15) is 62.3 Å². The number of anilines is 1. The lowest BCUT2D eigenvalue weighted by Gasteiger charge is -2.34. The van der Waals surface area contributed by atoms with Crippen LogP contribution in [-0.4, -0.2) is 99.5 Å². The molecule has 16 heteroatoms. The number of nitrogens with one attached hydrogen (secondary N) is 1. The van der Waals surface area contributed by atoms with Gasteiger partial charge in [0.2, 0.25) is 0 Å². The standard InChI is InChI=1S/C45H43F2N9O4S/c1-2-34-37(46)16-9-28-5-3-6-35(38(28)34)40-39(47)41-36(20-48-40)43(54-22-30-10-11-31(23-54)50-30)52-44(51-41)60-25-45-17-4-18-55(45)21-27(19-45)24-59-32-12-14-33(15-13-32)61(57,58)56-26-49-42(53-56)29-7-8-29/h1,3,5-6,9,12-16,20,26-27,29-31,50H,4,7-8,10-11,17-19,21-25H2/t27?,30-,31+,45?. The predicted molar refractivity (Wildman–Crippen MR) is 224 cm³/mol. The van der Waals surface area contributed by atoms with Gasteiger partial charge < -0.3 is 19.7 Å². The summed E-state index contributed by atoms with van der Waals surface area (Å²) in [4.78, 5) is 23.3. The maximum atomic E-state index is 17.1. The Bertz CT molecular complexity index is 2850. The maximum absolute atomic E-state index is 17.1. The zero-order valence-corrected chi connectivity index (χ0v) is 34.1. The number of terminal acetylenes is 1. The molecular formula is C45H43F2N9O4S. The van der Waals surface area contributed by atoms with Gasteiger partial charge in [0.1, 0.15) is 41.5 Å². The van der Waals surface area contributed by atoms with E-state index in [0.717, 1.165) is 62.1 Å². The van der Waals surface area contributed by atoms with Crippen LogP contribution in [0.25, 0.3) is 32.9 Å². The Hall–Kier alpha value is -5.76. The molecule has 312 valence electrons. The number of rotatable bonds is 11. The topological polar surface area (TPSA) is 140 Å². The second-order valence-electron chi connectivity index (χ2n) is 17.2. The fourth-order valence-electron chi connectivity index (χ4n) is 10.1. The highest BCUT2D eigenvalue weighted by Gasteiger charge is 2.49. The van der Waals surface area contributed by atoms with Gasteiger partial charge in [-0.05, 0) is 87.2 Å². The number of fused-ring (bicyclic) bond motifs is 5. The summed E-state index contributed by atoms with van der Waals surface area (Å²) in [6.45, 7) is 3.90. The van der Waals surface area contributed by atoms with Gasteiger partial charge in [0.25, 0.3) is 10.0 Å². The average molecular weight is 844 g/mol. The summed E-state index contributed by atoms with van der Waals surface area (Å²) < 4.78 is 72.2. The number of pyridine rings is 1. The van der Waals surface area contributed by atoms with Gasteiger partial charge in [0.15, 0.2) is 11.6 Å². The quantitative estimate of drug-likeness (QED) is 0.152. The zero-order chi connectivity index (χ0) is 41.5. The number of ether oxygens (including phenoxy) is 2. The number of hydrogen-bond donors (Lipinski definition) is 1. The molecule has 5 fully saturated rings. The van der Waals surface area contributed by atoms with Crippen molar-refractivity contribution in [2.24, 2.45) is 5.92 Å². The van der Waals surface area contributed by atoms with Gasteiger partial charge in [0, 0.05) is 60.7 Å². The summed E-state index contributed by atoms with van der Waals surface area (Å²) in [6, 6.07) is 15.3. The molecule has 3 aromatic heterocycles. The number of nitrogens with zero attached hydrogens (tertiary/aromatic N) is 8. The summed E-state index contributed by atoms with van der Waals surface area (Å²) in [5.74, 6) is 3.40. The van der Waals surface area contributed by atoms with Crippen molar-refractivity contribution in [2.75, 3.05) is 44.3 Å². The molecule has 7 heterocycles. The molecule has 61 heavy (non-hydrogen) atoms. The second-order valence-corrected chi connectivity index (χ2v) is 19.0. The highest BCUT2D eigenvalue weighted by Crippen LogP contribution is 2.43. The molecule has 1 saturated carbocycles. The second kappa shape index (κ2) is 14.7. The van der Waals surface area contributed by atoms with E-state index in [0.29, 0.717) is 77.5 Å². The highest BCUT2D eigenvalue weighted by atomic mass is 32.2. The Morgan fingerprint density at radius 1 is 0.951 bits per heavy atom. The van der Waals surface area contributed by atoms with Crippen LogP contribution in [-0.2, 0) is 10.0 Å². The highest BCUT2D eigenvalue weighted by molar-refractivity contribution is 7.89. The lowest BCUT2D eigenvalue weighted by molar-refractivity contribution is 0.107. The van der Waals surface area contributed by atoms with Gasteiger partial charge in [-0.25, -0.2) is 13.8 Å². The third-order valence-corrected chi connectivity index (χ3v) is 14.7. The van der Waals surface area contributed by atoms with Gasteiger partial charge >= 0.3 is 6.01 Å². The van der Waals surface area contributed by atoms with Crippen molar-refractivity contribution in [3.05, 3.63) is 90.1 Å². The Kier molecular flexibility index (Phi) is 9.21. The first kappa shape index (κ1) is 38.2. The zero-order valence-electron chi connectivity index (χ0n) is 33.3. The van der Waals surface area contributed by atoms with Crippen molar-refractivity contribution in [3.8, 4) is 35.4 Å². The summed E-state index contributed by atoms with van der Waals surface area (Å²) in [5.41, 5.74) is 0.240. The van der Waals surface area contributed by atoms with Crippen LogP contribution in [0, 0.1) is 29.9 Å². The first-order chi connectivity index (χ1) is 29.7. The van der Waals surface area contributed by atoms with Gasteiger partial charge in [-0.3, -0.25) is 9.88 Å². The lowest BCUT2D eigenvalue weighted by Crippen LogP contribution is -2.51. The fraction of sp³-hybridized carbons (Fsp3) is 0.400. The van der Waals surface area contributed by atoms with E-state index in [1.54, 1.807) is 36.5 Å². The van der Waals surface area contributed by atoms with Crippen molar-refractivity contribution >= 4 is 37.5 Å². The van der Waals surface area contributed by atoms with E-state index in [9.17, 15) is 12.8 Å². The molecule has 2 bridgehead atoms. The number of hydrogen-bond acceptors (Lipinski definition) is 12. The van der Waals surface area contributed by atoms with Crippen LogP contribution < -0.4 is 19.7 Å². The molecule has 1 N–H and O–H groups in total. The molecule has 0 amide bonds. The van der Waals surface area contributed by atoms with E-state index >= 15 is 4.39 Å². The number of halogens is 2. The molecule has 2 unspecified atom stereocenters. The van der Waals surface area contributed by atoms with Crippen molar-refractivity contribution in [1.82, 2.24) is 39.3 Å². The lowest BCUT2D eigenvalue weighted by atomic mass is 9.91. The molecular weight excluding hydrogens is 801 g/mol. The van der Waals surface area contributed by atoms with E-state index in [2.05, 4.69) is 36.1 Å². The minimum atomic E-state index is -3.86. The maximum Gasteiger partial charge on any atom is 0.319 e. The van der Waals surface area contributed by atoms with Crippen molar-refractivity contribution < 1.29 is 26.7 Å². The fourth-order valence-corrected chi connectivity index (χ4v) is 11.1. The first-order valence-electron chi connectivity index (χ1n) is 21.0. The Labute approximate surface area is 351 Å². The molecule has 0 radical (unpaired) electrons.